The molecule has 1 unspecified atom stereocenters. The van der Waals surface area contributed by atoms with E-state index in [9.17, 15) is 9.59 Å². The fourth-order valence-corrected chi connectivity index (χ4v) is 3.24. The van der Waals surface area contributed by atoms with E-state index < -0.39 is 11.6 Å². The third-order valence-electron chi connectivity index (χ3n) is 5.17. The topological polar surface area (TPSA) is 92.5 Å². The van der Waals surface area contributed by atoms with Crippen molar-refractivity contribution in [2.24, 2.45) is 5.10 Å². The molecule has 0 radical (unpaired) electrons. The van der Waals surface area contributed by atoms with Crippen molar-refractivity contribution in [3.63, 3.8) is 0 Å². The summed E-state index contributed by atoms with van der Waals surface area (Å²) in [4.78, 5) is 29.0. The minimum atomic E-state index is -0.932. The van der Waals surface area contributed by atoms with Crippen LogP contribution in [-0.4, -0.2) is 43.5 Å². The minimum absolute atomic E-state index is 0.370. The van der Waals surface area contributed by atoms with Crippen molar-refractivity contribution in [1.29, 1.82) is 0 Å². The number of carbonyl (C=O) groups is 2. The highest BCUT2D eigenvalue weighted by Gasteiger charge is 2.46. The Kier molecular flexibility index (Phi) is 5.14. The number of nitrogens with one attached hydrogen (secondary N) is 1. The zero-order valence-electron chi connectivity index (χ0n) is 16.8. The third kappa shape index (κ3) is 3.71. The Hall–Kier alpha value is -3.81. The summed E-state index contributed by atoms with van der Waals surface area (Å²) in [5, 5.41) is 12.4. The van der Waals surface area contributed by atoms with Gasteiger partial charge in [-0.1, -0.05) is 37.3 Å². The van der Waals surface area contributed by atoms with E-state index in [0.717, 1.165) is 16.1 Å². The molecule has 8 nitrogen and oxygen atoms in total. The SMILES string of the molecule is CCC1(C)NC(=O)N(/N=C/c2cn(Cc3ccccc3)nc2-c2cccnc2)C1=O. The molecule has 30 heavy (non-hydrogen) atoms. The molecule has 0 saturated carbocycles. The molecule has 4 rings (SSSR count). The van der Waals surface area contributed by atoms with Gasteiger partial charge < -0.3 is 5.32 Å². The highest BCUT2D eigenvalue weighted by Crippen LogP contribution is 2.23. The number of hydrogen-bond acceptors (Lipinski definition) is 5. The Labute approximate surface area is 174 Å². The molecule has 2 aromatic heterocycles. The van der Waals surface area contributed by atoms with Gasteiger partial charge in [0.1, 0.15) is 11.2 Å². The van der Waals surface area contributed by atoms with Crippen molar-refractivity contribution in [3.8, 4) is 11.3 Å². The summed E-state index contributed by atoms with van der Waals surface area (Å²) in [5.74, 6) is -0.370. The van der Waals surface area contributed by atoms with Gasteiger partial charge in [0.2, 0.25) is 0 Å². The highest BCUT2D eigenvalue weighted by atomic mass is 16.2. The van der Waals surface area contributed by atoms with E-state index in [1.54, 1.807) is 24.0 Å². The average Bonchev–Trinajstić information content (AvgIpc) is 3.26. The number of amides is 3. The van der Waals surface area contributed by atoms with Crippen molar-refractivity contribution in [1.82, 2.24) is 25.1 Å². The summed E-state index contributed by atoms with van der Waals surface area (Å²) in [6, 6.07) is 13.2. The number of hydrazone groups is 1. The van der Waals surface area contributed by atoms with E-state index in [1.807, 2.05) is 55.6 Å². The predicted molar refractivity (Wildman–Crippen MR) is 113 cm³/mol. The second kappa shape index (κ2) is 7.90. The number of urea groups is 1. The lowest BCUT2D eigenvalue weighted by Crippen LogP contribution is -2.42. The van der Waals surface area contributed by atoms with E-state index in [1.165, 1.54) is 6.21 Å². The van der Waals surface area contributed by atoms with Crippen molar-refractivity contribution in [2.75, 3.05) is 0 Å². The summed E-state index contributed by atoms with van der Waals surface area (Å²) in [7, 11) is 0. The lowest BCUT2D eigenvalue weighted by atomic mass is 10.00. The first-order valence-corrected chi connectivity index (χ1v) is 9.72. The fourth-order valence-electron chi connectivity index (χ4n) is 3.24. The van der Waals surface area contributed by atoms with Gasteiger partial charge in [-0.3, -0.25) is 14.5 Å². The molecule has 3 amide bonds. The first-order valence-electron chi connectivity index (χ1n) is 9.72. The maximum atomic E-state index is 12.6. The number of pyridine rings is 1. The predicted octanol–water partition coefficient (Wildman–Crippen LogP) is 3.05. The molecule has 3 aromatic rings. The molecule has 8 heteroatoms. The largest absolute Gasteiger partial charge is 0.346 e. The number of aromatic nitrogens is 3. The molecule has 3 heterocycles. The van der Waals surface area contributed by atoms with E-state index in [-0.39, 0.29) is 5.91 Å². The van der Waals surface area contributed by atoms with E-state index in [0.29, 0.717) is 24.2 Å². The summed E-state index contributed by atoms with van der Waals surface area (Å²) in [6.07, 6.45) is 7.23. The summed E-state index contributed by atoms with van der Waals surface area (Å²) in [6.45, 7) is 4.13. The van der Waals surface area contributed by atoms with Crippen LogP contribution in [0.1, 0.15) is 31.4 Å². The van der Waals surface area contributed by atoms with Crippen LogP contribution in [0.15, 0.2) is 66.2 Å². The maximum Gasteiger partial charge on any atom is 0.346 e. The Morgan fingerprint density at radius 3 is 2.63 bits per heavy atom. The molecule has 1 aromatic carbocycles. The smallest absolute Gasteiger partial charge is 0.322 e. The number of rotatable bonds is 6. The Morgan fingerprint density at radius 1 is 1.17 bits per heavy atom. The van der Waals surface area contributed by atoms with Crippen LogP contribution in [0.4, 0.5) is 4.79 Å². The lowest BCUT2D eigenvalue weighted by Gasteiger charge is -2.17. The molecule has 0 aliphatic carbocycles. The third-order valence-corrected chi connectivity index (χ3v) is 5.17. The summed E-state index contributed by atoms with van der Waals surface area (Å²) in [5.41, 5.74) is 2.35. The lowest BCUT2D eigenvalue weighted by molar-refractivity contribution is -0.130. The van der Waals surface area contributed by atoms with Gasteiger partial charge in [-0.15, -0.1) is 5.01 Å². The van der Waals surface area contributed by atoms with Crippen molar-refractivity contribution in [3.05, 3.63) is 72.2 Å². The van der Waals surface area contributed by atoms with Gasteiger partial charge >= 0.3 is 6.03 Å². The minimum Gasteiger partial charge on any atom is -0.322 e. The van der Waals surface area contributed by atoms with Crippen LogP contribution in [0.2, 0.25) is 0 Å². The molecule has 0 bridgehead atoms. The summed E-state index contributed by atoms with van der Waals surface area (Å²) < 4.78 is 1.81. The van der Waals surface area contributed by atoms with Crippen LogP contribution in [0, 0.1) is 0 Å². The van der Waals surface area contributed by atoms with E-state index in [2.05, 4.69) is 20.5 Å². The first kappa shape index (κ1) is 19.5. The normalized spacial score (nSPS) is 18.9. The molecule has 0 spiro atoms. The fraction of sp³-hybridized carbons (Fsp3) is 0.227. The molecular formula is C22H22N6O2. The quantitative estimate of drug-likeness (QED) is 0.507. The van der Waals surface area contributed by atoms with Gasteiger partial charge in [-0.05, 0) is 31.0 Å². The maximum absolute atomic E-state index is 12.6. The standard InChI is InChI=1S/C22H22N6O2/c1-3-22(2)20(29)28(21(30)25-22)24-13-18-15-27(14-16-8-5-4-6-9-16)26-19(18)17-10-7-11-23-12-17/h4-13,15H,3,14H2,1-2H3,(H,25,30)/b24-13+. The average molecular weight is 402 g/mol. The zero-order valence-corrected chi connectivity index (χ0v) is 16.8. The molecule has 152 valence electrons. The number of hydrogen-bond donors (Lipinski definition) is 1. The molecule has 1 N–H and O–H groups in total. The van der Waals surface area contributed by atoms with Crippen LogP contribution in [0.5, 0.6) is 0 Å². The number of benzene rings is 1. The van der Waals surface area contributed by atoms with Gasteiger partial charge in [0, 0.05) is 29.7 Å². The van der Waals surface area contributed by atoms with E-state index in [4.69, 9.17) is 0 Å². The number of carbonyl (C=O) groups excluding carboxylic acids is 2. The molecule has 1 aliphatic heterocycles. The Balaban J connectivity index is 1.67. The van der Waals surface area contributed by atoms with E-state index >= 15 is 0 Å². The van der Waals surface area contributed by atoms with Crippen LogP contribution in [0.25, 0.3) is 11.3 Å². The van der Waals surface area contributed by atoms with Gasteiger partial charge in [-0.25, -0.2) is 4.79 Å². The highest BCUT2D eigenvalue weighted by molar-refractivity contribution is 6.07. The second-order valence-electron chi connectivity index (χ2n) is 7.34. The van der Waals surface area contributed by atoms with Gasteiger partial charge in [-0.2, -0.15) is 10.2 Å². The molecular weight excluding hydrogens is 380 g/mol. The molecule has 1 fully saturated rings. The Morgan fingerprint density at radius 2 is 1.97 bits per heavy atom. The van der Waals surface area contributed by atoms with Crippen molar-refractivity contribution < 1.29 is 9.59 Å². The zero-order chi connectivity index (χ0) is 21.1. The molecule has 1 saturated heterocycles. The van der Waals surface area contributed by atoms with Crippen molar-refractivity contribution in [2.45, 2.75) is 32.4 Å². The van der Waals surface area contributed by atoms with Crippen molar-refractivity contribution >= 4 is 18.2 Å². The Bertz CT molecular complexity index is 1090. The molecule has 1 aliphatic rings. The monoisotopic (exact) mass is 402 g/mol. The van der Waals surface area contributed by atoms with Gasteiger partial charge in [0.25, 0.3) is 5.91 Å². The van der Waals surface area contributed by atoms with Crippen LogP contribution in [-0.2, 0) is 11.3 Å². The van der Waals surface area contributed by atoms with Crippen LogP contribution >= 0.6 is 0 Å². The van der Waals surface area contributed by atoms with Crippen LogP contribution < -0.4 is 5.32 Å². The van der Waals surface area contributed by atoms with Crippen LogP contribution in [0.3, 0.4) is 0 Å². The van der Waals surface area contributed by atoms with Gasteiger partial charge in [0.05, 0.1) is 12.8 Å². The molecule has 1 atom stereocenters. The number of nitrogens with zero attached hydrogens (tertiary/aromatic N) is 5. The summed E-state index contributed by atoms with van der Waals surface area (Å²) >= 11 is 0. The first-order chi connectivity index (χ1) is 14.5. The van der Waals surface area contributed by atoms with Gasteiger partial charge in [0.15, 0.2) is 0 Å². The second-order valence-corrected chi connectivity index (χ2v) is 7.34. The number of imide groups is 1.